The zero-order chi connectivity index (χ0) is 22.4. The third-order valence-corrected chi connectivity index (χ3v) is 5.73. The van der Waals surface area contributed by atoms with Gasteiger partial charge in [0, 0.05) is 24.2 Å². The first-order valence-corrected chi connectivity index (χ1v) is 11.3. The van der Waals surface area contributed by atoms with Crippen LogP contribution in [0.4, 0.5) is 0 Å². The molecule has 0 amide bonds. The van der Waals surface area contributed by atoms with Crippen molar-refractivity contribution in [3.63, 3.8) is 0 Å². The van der Waals surface area contributed by atoms with E-state index in [1.165, 1.54) is 22.9 Å². The van der Waals surface area contributed by atoms with Crippen LogP contribution >= 0.6 is 11.8 Å². The summed E-state index contributed by atoms with van der Waals surface area (Å²) in [6.45, 7) is 9.02. The first kappa shape index (κ1) is 22.9. The van der Waals surface area contributed by atoms with Crippen molar-refractivity contribution >= 4 is 11.8 Å². The molecule has 3 aromatic rings. The summed E-state index contributed by atoms with van der Waals surface area (Å²) in [5, 5.41) is 0.489. The summed E-state index contributed by atoms with van der Waals surface area (Å²) in [6.07, 6.45) is 4.23. The standard InChI is InChI=1S/C25H30N2O3S/c1-18-8-6-7-9-19(18)12-15-31-23-24(28)27(14-13-26-23)20-10-11-21(22(16-20)29-5)30-17-25(2,3)4/h6-11,13-14,16H,12,15,17H2,1-5H3. The maximum absolute atomic E-state index is 13.0. The molecule has 164 valence electrons. The lowest BCUT2D eigenvalue weighted by Gasteiger charge is -2.20. The molecule has 0 aliphatic heterocycles. The van der Waals surface area contributed by atoms with Crippen LogP contribution in [0.5, 0.6) is 11.5 Å². The van der Waals surface area contributed by atoms with Crippen molar-refractivity contribution in [2.45, 2.75) is 39.1 Å². The van der Waals surface area contributed by atoms with Gasteiger partial charge >= 0.3 is 0 Å². The van der Waals surface area contributed by atoms with Gasteiger partial charge in [-0.2, -0.15) is 0 Å². The number of nitrogens with zero attached hydrogens (tertiary/aromatic N) is 2. The van der Waals surface area contributed by atoms with Gasteiger partial charge in [0.1, 0.15) is 0 Å². The van der Waals surface area contributed by atoms with Gasteiger partial charge in [0.05, 0.1) is 19.4 Å². The Labute approximate surface area is 188 Å². The average Bonchev–Trinajstić information content (AvgIpc) is 2.74. The Morgan fingerprint density at radius 1 is 1.10 bits per heavy atom. The topological polar surface area (TPSA) is 53.4 Å². The number of hydrogen-bond acceptors (Lipinski definition) is 5. The SMILES string of the molecule is COc1cc(-n2ccnc(SCCc3ccccc3C)c2=O)ccc1OCC(C)(C)C. The molecule has 0 fully saturated rings. The lowest BCUT2D eigenvalue weighted by Crippen LogP contribution is -2.21. The Kier molecular flexibility index (Phi) is 7.44. The van der Waals surface area contributed by atoms with E-state index in [0.717, 1.165) is 12.2 Å². The highest BCUT2D eigenvalue weighted by Gasteiger charge is 2.15. The van der Waals surface area contributed by atoms with Gasteiger partial charge in [-0.05, 0) is 42.0 Å². The first-order valence-electron chi connectivity index (χ1n) is 10.3. The van der Waals surface area contributed by atoms with E-state index in [4.69, 9.17) is 9.47 Å². The molecule has 0 saturated heterocycles. The number of thioether (sulfide) groups is 1. The van der Waals surface area contributed by atoms with E-state index in [2.05, 4.69) is 44.8 Å². The van der Waals surface area contributed by atoms with Gasteiger partial charge in [0.2, 0.25) is 0 Å². The second-order valence-corrected chi connectivity index (χ2v) is 9.70. The minimum Gasteiger partial charge on any atom is -0.493 e. The molecule has 0 spiro atoms. The quantitative estimate of drug-likeness (QED) is 0.446. The molecule has 0 saturated carbocycles. The summed E-state index contributed by atoms with van der Waals surface area (Å²) in [5.41, 5.74) is 3.18. The van der Waals surface area contributed by atoms with Crippen molar-refractivity contribution in [1.82, 2.24) is 9.55 Å². The van der Waals surface area contributed by atoms with E-state index in [-0.39, 0.29) is 11.0 Å². The van der Waals surface area contributed by atoms with Gasteiger partial charge in [-0.1, -0.05) is 45.0 Å². The van der Waals surface area contributed by atoms with Crippen LogP contribution in [0.15, 0.2) is 64.7 Å². The van der Waals surface area contributed by atoms with Gasteiger partial charge < -0.3 is 9.47 Å². The van der Waals surface area contributed by atoms with E-state index < -0.39 is 0 Å². The van der Waals surface area contributed by atoms with Gasteiger partial charge in [-0.15, -0.1) is 11.8 Å². The van der Waals surface area contributed by atoms with Crippen LogP contribution in [0.25, 0.3) is 5.69 Å². The second kappa shape index (κ2) is 10.1. The van der Waals surface area contributed by atoms with Crippen LogP contribution in [-0.2, 0) is 6.42 Å². The van der Waals surface area contributed by atoms with Crippen molar-refractivity contribution in [2.24, 2.45) is 5.41 Å². The minimum absolute atomic E-state index is 0.0378. The second-order valence-electron chi connectivity index (χ2n) is 8.62. The van der Waals surface area contributed by atoms with E-state index in [9.17, 15) is 4.79 Å². The summed E-state index contributed by atoms with van der Waals surface area (Å²) in [7, 11) is 1.60. The molecule has 0 aliphatic carbocycles. The van der Waals surface area contributed by atoms with Crippen LogP contribution in [0.3, 0.4) is 0 Å². The molecule has 0 unspecified atom stereocenters. The third kappa shape index (κ3) is 6.14. The number of rotatable bonds is 8. The number of methoxy groups -OCH3 is 1. The Morgan fingerprint density at radius 3 is 2.58 bits per heavy atom. The highest BCUT2D eigenvalue weighted by molar-refractivity contribution is 7.99. The molecule has 1 heterocycles. The fourth-order valence-corrected chi connectivity index (χ4v) is 3.94. The van der Waals surface area contributed by atoms with Crippen LogP contribution in [0, 0.1) is 12.3 Å². The van der Waals surface area contributed by atoms with Crippen LogP contribution in [0.2, 0.25) is 0 Å². The molecule has 0 bridgehead atoms. The van der Waals surface area contributed by atoms with Crippen LogP contribution in [0.1, 0.15) is 31.9 Å². The maximum Gasteiger partial charge on any atom is 0.287 e. The van der Waals surface area contributed by atoms with E-state index in [0.29, 0.717) is 28.8 Å². The van der Waals surface area contributed by atoms with Gasteiger partial charge in [0.25, 0.3) is 5.56 Å². The monoisotopic (exact) mass is 438 g/mol. The molecule has 0 atom stereocenters. The summed E-state index contributed by atoms with van der Waals surface area (Å²) in [5.74, 6) is 2.05. The highest BCUT2D eigenvalue weighted by Crippen LogP contribution is 2.30. The molecular formula is C25H30N2O3S. The smallest absolute Gasteiger partial charge is 0.287 e. The number of hydrogen-bond donors (Lipinski definition) is 0. The normalized spacial score (nSPS) is 11.4. The Morgan fingerprint density at radius 2 is 1.87 bits per heavy atom. The number of aryl methyl sites for hydroxylation is 2. The predicted octanol–water partition coefficient (Wildman–Crippen LogP) is 5.31. The fraction of sp³-hybridized carbons (Fsp3) is 0.360. The Bertz CT molecular complexity index is 1090. The summed E-state index contributed by atoms with van der Waals surface area (Å²) in [4.78, 5) is 17.3. The summed E-state index contributed by atoms with van der Waals surface area (Å²) >= 11 is 1.48. The van der Waals surface area contributed by atoms with Crippen LogP contribution in [-0.4, -0.2) is 29.0 Å². The third-order valence-electron chi connectivity index (χ3n) is 4.77. The Hall–Kier alpha value is -2.73. The average molecular weight is 439 g/mol. The predicted molar refractivity (Wildman–Crippen MR) is 127 cm³/mol. The zero-order valence-corrected chi connectivity index (χ0v) is 19.7. The number of ether oxygens (including phenoxy) is 2. The van der Waals surface area contributed by atoms with Gasteiger partial charge in [-0.25, -0.2) is 4.98 Å². The van der Waals surface area contributed by atoms with Crippen LogP contribution < -0.4 is 15.0 Å². The summed E-state index contributed by atoms with van der Waals surface area (Å²) < 4.78 is 13.0. The first-order chi connectivity index (χ1) is 14.8. The minimum atomic E-state index is -0.136. The summed E-state index contributed by atoms with van der Waals surface area (Å²) in [6, 6.07) is 13.8. The number of benzene rings is 2. The van der Waals surface area contributed by atoms with Crippen molar-refractivity contribution in [3.05, 3.63) is 76.3 Å². The maximum atomic E-state index is 13.0. The molecule has 31 heavy (non-hydrogen) atoms. The lowest BCUT2D eigenvalue weighted by molar-refractivity contribution is 0.191. The van der Waals surface area contributed by atoms with E-state index >= 15 is 0 Å². The largest absolute Gasteiger partial charge is 0.493 e. The Balaban J connectivity index is 1.77. The molecule has 0 N–H and O–H groups in total. The van der Waals surface area contributed by atoms with Crippen molar-refractivity contribution in [3.8, 4) is 17.2 Å². The lowest BCUT2D eigenvalue weighted by atomic mass is 9.99. The van der Waals surface area contributed by atoms with E-state index in [1.54, 1.807) is 24.1 Å². The van der Waals surface area contributed by atoms with Crippen molar-refractivity contribution in [1.29, 1.82) is 0 Å². The molecule has 1 aromatic heterocycles. The number of aromatic nitrogens is 2. The molecule has 2 aromatic carbocycles. The fourth-order valence-electron chi connectivity index (χ4n) is 3.06. The molecule has 3 rings (SSSR count). The molecule has 0 aliphatic rings. The molecule has 5 nitrogen and oxygen atoms in total. The molecule has 0 radical (unpaired) electrons. The van der Waals surface area contributed by atoms with E-state index in [1.807, 2.05) is 30.3 Å². The molecule has 6 heteroatoms. The van der Waals surface area contributed by atoms with Gasteiger partial charge in [-0.3, -0.25) is 9.36 Å². The van der Waals surface area contributed by atoms with Gasteiger partial charge in [0.15, 0.2) is 16.5 Å². The van der Waals surface area contributed by atoms with Crippen molar-refractivity contribution in [2.75, 3.05) is 19.5 Å². The zero-order valence-electron chi connectivity index (χ0n) is 18.8. The van der Waals surface area contributed by atoms with Crippen molar-refractivity contribution < 1.29 is 9.47 Å². The highest BCUT2D eigenvalue weighted by atomic mass is 32.2. The molecular weight excluding hydrogens is 408 g/mol.